The molecule has 0 spiro atoms. The van der Waals surface area contributed by atoms with Crippen LogP contribution < -0.4 is 10.2 Å². The largest absolute Gasteiger partial charge is 0.378 e. The van der Waals surface area contributed by atoms with Gasteiger partial charge in [-0.25, -0.2) is 0 Å². The van der Waals surface area contributed by atoms with E-state index in [4.69, 9.17) is 0 Å². The molecule has 0 saturated heterocycles. The molecule has 6 nitrogen and oxygen atoms in total. The summed E-state index contributed by atoms with van der Waals surface area (Å²) in [6.45, 7) is 4.76. The highest BCUT2D eigenvalue weighted by Crippen LogP contribution is 2.26. The molecule has 0 aliphatic carbocycles. The summed E-state index contributed by atoms with van der Waals surface area (Å²) >= 11 is 1.40. The van der Waals surface area contributed by atoms with E-state index < -0.39 is 0 Å². The standard InChI is InChI=1S/C21H25N5OS/c1-5-26-20(16-10-8-11-17(13-16)25(3)4)23-24-21(26)28-14-19(27)22-18-12-7-6-9-15(18)2/h6-13H,5,14H2,1-4H3,(H,22,27). The van der Waals surface area contributed by atoms with E-state index in [0.29, 0.717) is 0 Å². The number of nitrogens with one attached hydrogen (secondary N) is 1. The van der Waals surface area contributed by atoms with Gasteiger partial charge in [0, 0.05) is 37.6 Å². The second-order valence-corrected chi connectivity index (χ2v) is 7.59. The van der Waals surface area contributed by atoms with Crippen molar-refractivity contribution in [3.63, 3.8) is 0 Å². The molecule has 0 aliphatic rings. The van der Waals surface area contributed by atoms with Crippen LogP contribution in [0.3, 0.4) is 0 Å². The first kappa shape index (κ1) is 19.9. The topological polar surface area (TPSA) is 63.1 Å². The van der Waals surface area contributed by atoms with E-state index >= 15 is 0 Å². The third-order valence-electron chi connectivity index (χ3n) is 4.41. The summed E-state index contributed by atoms with van der Waals surface area (Å²) in [5, 5.41) is 12.4. The average Bonchev–Trinajstić information content (AvgIpc) is 3.11. The summed E-state index contributed by atoms with van der Waals surface area (Å²) in [5.74, 6) is 1.04. The Morgan fingerprint density at radius 2 is 1.93 bits per heavy atom. The monoisotopic (exact) mass is 395 g/mol. The van der Waals surface area contributed by atoms with Crippen molar-refractivity contribution in [1.82, 2.24) is 14.8 Å². The lowest BCUT2D eigenvalue weighted by Crippen LogP contribution is -2.15. The normalized spacial score (nSPS) is 10.7. The van der Waals surface area contributed by atoms with E-state index in [1.807, 2.05) is 62.0 Å². The van der Waals surface area contributed by atoms with Crippen molar-refractivity contribution in [3.05, 3.63) is 54.1 Å². The van der Waals surface area contributed by atoms with Gasteiger partial charge in [0.15, 0.2) is 11.0 Å². The zero-order chi connectivity index (χ0) is 20.1. The fraction of sp³-hybridized carbons (Fsp3) is 0.286. The lowest BCUT2D eigenvalue weighted by atomic mass is 10.2. The molecule has 146 valence electrons. The molecule has 0 atom stereocenters. The maximum atomic E-state index is 12.3. The molecule has 0 unspecified atom stereocenters. The van der Waals surface area contributed by atoms with Crippen LogP contribution in [0.15, 0.2) is 53.7 Å². The molecule has 2 aromatic carbocycles. The van der Waals surface area contributed by atoms with Crippen LogP contribution in [0, 0.1) is 6.92 Å². The number of aryl methyl sites for hydroxylation is 1. The summed E-state index contributed by atoms with van der Waals surface area (Å²) in [7, 11) is 4.02. The van der Waals surface area contributed by atoms with Gasteiger partial charge in [0.25, 0.3) is 0 Å². The van der Waals surface area contributed by atoms with Crippen LogP contribution in [0.25, 0.3) is 11.4 Å². The Hall–Kier alpha value is -2.80. The SMILES string of the molecule is CCn1c(SCC(=O)Nc2ccccc2C)nnc1-c1cccc(N(C)C)c1. The number of hydrogen-bond acceptors (Lipinski definition) is 5. The van der Waals surface area contributed by atoms with Gasteiger partial charge in [0.05, 0.1) is 5.75 Å². The van der Waals surface area contributed by atoms with Crippen molar-refractivity contribution in [3.8, 4) is 11.4 Å². The molecule has 1 amide bonds. The molecule has 0 radical (unpaired) electrons. The Morgan fingerprint density at radius 3 is 2.64 bits per heavy atom. The van der Waals surface area contributed by atoms with Crippen molar-refractivity contribution >= 4 is 29.0 Å². The first-order valence-corrected chi connectivity index (χ1v) is 10.2. The number of anilines is 2. The van der Waals surface area contributed by atoms with Crippen LogP contribution >= 0.6 is 11.8 Å². The number of amides is 1. The minimum atomic E-state index is -0.0545. The smallest absolute Gasteiger partial charge is 0.234 e. The van der Waals surface area contributed by atoms with E-state index in [1.165, 1.54) is 11.8 Å². The fourth-order valence-electron chi connectivity index (χ4n) is 2.85. The molecule has 1 N–H and O–H groups in total. The van der Waals surface area contributed by atoms with Crippen LogP contribution in [-0.2, 0) is 11.3 Å². The third-order valence-corrected chi connectivity index (χ3v) is 5.37. The highest BCUT2D eigenvalue weighted by Gasteiger charge is 2.15. The van der Waals surface area contributed by atoms with Crippen molar-refractivity contribution in [1.29, 1.82) is 0 Å². The van der Waals surface area contributed by atoms with Crippen LogP contribution in [-0.4, -0.2) is 40.5 Å². The van der Waals surface area contributed by atoms with Crippen LogP contribution in [0.5, 0.6) is 0 Å². The summed E-state index contributed by atoms with van der Waals surface area (Å²) < 4.78 is 2.04. The Bertz CT molecular complexity index is 967. The number of rotatable bonds is 7. The van der Waals surface area contributed by atoms with Gasteiger partial charge in [-0.05, 0) is 37.6 Å². The lowest BCUT2D eigenvalue weighted by molar-refractivity contribution is -0.113. The molecule has 1 aromatic heterocycles. The van der Waals surface area contributed by atoms with E-state index in [1.54, 1.807) is 0 Å². The molecule has 0 aliphatic heterocycles. The predicted molar refractivity (Wildman–Crippen MR) is 116 cm³/mol. The Kier molecular flexibility index (Phi) is 6.36. The molecule has 28 heavy (non-hydrogen) atoms. The number of nitrogens with zero attached hydrogens (tertiary/aromatic N) is 4. The molecule has 0 saturated carbocycles. The second kappa shape index (κ2) is 8.93. The lowest BCUT2D eigenvalue weighted by Gasteiger charge is -2.14. The summed E-state index contributed by atoms with van der Waals surface area (Å²) in [4.78, 5) is 14.4. The summed E-state index contributed by atoms with van der Waals surface area (Å²) in [6.07, 6.45) is 0. The summed E-state index contributed by atoms with van der Waals surface area (Å²) in [6, 6.07) is 15.9. The van der Waals surface area contributed by atoms with Crippen molar-refractivity contribution in [2.75, 3.05) is 30.1 Å². The molecule has 0 fully saturated rings. The van der Waals surface area contributed by atoms with E-state index in [0.717, 1.165) is 40.0 Å². The zero-order valence-corrected chi connectivity index (χ0v) is 17.5. The molecular formula is C21H25N5OS. The molecular weight excluding hydrogens is 370 g/mol. The van der Waals surface area contributed by atoms with Gasteiger partial charge in [-0.15, -0.1) is 10.2 Å². The first-order chi connectivity index (χ1) is 13.5. The minimum Gasteiger partial charge on any atom is -0.378 e. The highest BCUT2D eigenvalue weighted by molar-refractivity contribution is 7.99. The Morgan fingerprint density at radius 1 is 1.14 bits per heavy atom. The zero-order valence-electron chi connectivity index (χ0n) is 16.6. The van der Waals surface area contributed by atoms with Gasteiger partial charge in [-0.2, -0.15) is 0 Å². The fourth-order valence-corrected chi connectivity index (χ4v) is 3.65. The van der Waals surface area contributed by atoms with Crippen LogP contribution in [0.1, 0.15) is 12.5 Å². The molecule has 0 bridgehead atoms. The van der Waals surface area contributed by atoms with E-state index in [-0.39, 0.29) is 11.7 Å². The Balaban J connectivity index is 1.73. The van der Waals surface area contributed by atoms with Crippen LogP contribution in [0.4, 0.5) is 11.4 Å². The molecule has 1 heterocycles. The van der Waals surface area contributed by atoms with Crippen molar-refractivity contribution in [2.45, 2.75) is 25.5 Å². The number of aromatic nitrogens is 3. The minimum absolute atomic E-state index is 0.0545. The highest BCUT2D eigenvalue weighted by atomic mass is 32.2. The quantitative estimate of drug-likeness (QED) is 0.611. The van der Waals surface area contributed by atoms with Gasteiger partial charge in [0.1, 0.15) is 0 Å². The maximum absolute atomic E-state index is 12.3. The van der Waals surface area contributed by atoms with Crippen LogP contribution in [0.2, 0.25) is 0 Å². The van der Waals surface area contributed by atoms with Crippen molar-refractivity contribution in [2.24, 2.45) is 0 Å². The predicted octanol–water partition coefficient (Wildman–Crippen LogP) is 4.07. The maximum Gasteiger partial charge on any atom is 0.234 e. The van der Waals surface area contributed by atoms with Crippen molar-refractivity contribution < 1.29 is 4.79 Å². The van der Waals surface area contributed by atoms with Gasteiger partial charge in [-0.1, -0.05) is 42.1 Å². The number of hydrogen-bond donors (Lipinski definition) is 1. The molecule has 3 aromatic rings. The van der Waals surface area contributed by atoms with Gasteiger partial charge in [0.2, 0.25) is 5.91 Å². The number of thioether (sulfide) groups is 1. The van der Waals surface area contributed by atoms with Gasteiger partial charge >= 0.3 is 0 Å². The molecule has 3 rings (SSSR count). The molecule has 7 heteroatoms. The number of carbonyl (C=O) groups is 1. The van der Waals surface area contributed by atoms with Gasteiger partial charge in [-0.3, -0.25) is 4.79 Å². The third kappa shape index (κ3) is 4.54. The Labute approximate surface area is 170 Å². The number of para-hydroxylation sites is 1. The number of benzene rings is 2. The number of carbonyl (C=O) groups excluding carboxylic acids is 1. The average molecular weight is 396 g/mol. The second-order valence-electron chi connectivity index (χ2n) is 6.65. The van der Waals surface area contributed by atoms with E-state index in [9.17, 15) is 4.79 Å². The van der Waals surface area contributed by atoms with Gasteiger partial charge < -0.3 is 14.8 Å². The summed E-state index contributed by atoms with van der Waals surface area (Å²) in [5.41, 5.74) is 4.00. The van der Waals surface area contributed by atoms with E-state index in [2.05, 4.69) is 39.5 Å². The first-order valence-electron chi connectivity index (χ1n) is 9.18.